The molecule has 0 spiro atoms. The zero-order valence-electron chi connectivity index (χ0n) is 24.5. The first-order chi connectivity index (χ1) is 20.2. The predicted molar refractivity (Wildman–Crippen MR) is 162 cm³/mol. The van der Waals surface area contributed by atoms with Crippen molar-refractivity contribution >= 4 is 35.4 Å². The fourth-order valence-electron chi connectivity index (χ4n) is 3.34. The van der Waals surface area contributed by atoms with Crippen LogP contribution in [0.25, 0.3) is 0 Å². The van der Waals surface area contributed by atoms with Gasteiger partial charge in [-0.25, -0.2) is 4.79 Å². The summed E-state index contributed by atoms with van der Waals surface area (Å²) in [6, 6.07) is 0. The molecule has 0 aliphatic heterocycles. The number of halogens is 1. The highest BCUT2D eigenvalue weighted by molar-refractivity contribution is 6.30. The minimum atomic E-state index is -1.76. The van der Waals surface area contributed by atoms with Crippen molar-refractivity contribution in [3.05, 3.63) is 71.4 Å². The minimum Gasteiger partial charge on any atom is -0.481 e. The summed E-state index contributed by atoms with van der Waals surface area (Å²) in [7, 11) is 0. The van der Waals surface area contributed by atoms with Crippen molar-refractivity contribution in [2.75, 3.05) is 6.54 Å². The van der Waals surface area contributed by atoms with E-state index in [1.54, 1.807) is 43.4 Å². The Balaban J connectivity index is 4.86. The molecular formula is C30H43ClN2O10. The van der Waals surface area contributed by atoms with E-state index in [1.165, 1.54) is 31.2 Å². The van der Waals surface area contributed by atoms with Crippen molar-refractivity contribution < 1.29 is 49.4 Å². The van der Waals surface area contributed by atoms with Crippen LogP contribution in [-0.4, -0.2) is 86.4 Å². The first-order valence-electron chi connectivity index (χ1n) is 13.6. The van der Waals surface area contributed by atoms with E-state index in [1.807, 2.05) is 6.92 Å². The molecule has 8 N–H and O–H groups in total. The number of amides is 2. The Morgan fingerprint density at radius 3 is 2.23 bits per heavy atom. The van der Waals surface area contributed by atoms with Gasteiger partial charge in [-0.1, -0.05) is 73.6 Å². The van der Waals surface area contributed by atoms with Gasteiger partial charge in [0.2, 0.25) is 5.91 Å². The standard InChI is InChI=1S/C30H43ClN2O10/c1-4-5-13-25(43-30(32)42)23(35)15-16-24(36)29(41)28(40)20(3)22(31)12-8-6-10-19(2)11-7-9-14-26(37)33-18-21(34)17-27(38)39/h5-14,20-21,23,25,28-29,34-35,40-41H,4,15-18H2,1-3H3,(H2,32,42)(H,33,37)(H,38,39)/b8-6+,11-7+,13-5+,14-9+,19-10+,22-12-. The molecule has 240 valence electrons. The Labute approximate surface area is 256 Å². The number of aliphatic hydroxyl groups excluding tert-OH is 4. The Morgan fingerprint density at radius 1 is 1.00 bits per heavy atom. The Kier molecular flexibility index (Phi) is 20.2. The third kappa shape index (κ3) is 18.6. The molecule has 0 aliphatic carbocycles. The topological polar surface area (TPSA) is 217 Å². The number of rotatable bonds is 20. The van der Waals surface area contributed by atoms with Gasteiger partial charge in [0.25, 0.3) is 0 Å². The minimum absolute atomic E-state index is 0.142. The first-order valence-corrected chi connectivity index (χ1v) is 14.0. The van der Waals surface area contributed by atoms with Gasteiger partial charge in [-0.3, -0.25) is 14.4 Å². The number of carbonyl (C=O) groups excluding carboxylic acids is 3. The van der Waals surface area contributed by atoms with Gasteiger partial charge in [0.1, 0.15) is 12.2 Å². The van der Waals surface area contributed by atoms with Crippen LogP contribution in [0.1, 0.15) is 46.5 Å². The number of ketones is 1. The van der Waals surface area contributed by atoms with Crippen molar-refractivity contribution in [3.63, 3.8) is 0 Å². The molecule has 2 amide bonds. The molecule has 6 unspecified atom stereocenters. The first kappa shape index (κ1) is 39.5. The highest BCUT2D eigenvalue weighted by atomic mass is 35.5. The summed E-state index contributed by atoms with van der Waals surface area (Å²) in [6.45, 7) is 5.00. The van der Waals surface area contributed by atoms with Crippen molar-refractivity contribution in [2.45, 2.75) is 77.0 Å². The van der Waals surface area contributed by atoms with Gasteiger partial charge in [0.15, 0.2) is 5.78 Å². The van der Waals surface area contributed by atoms with Crippen LogP contribution in [0, 0.1) is 5.92 Å². The summed E-state index contributed by atoms with van der Waals surface area (Å²) in [5.74, 6) is -3.16. The number of carbonyl (C=O) groups is 4. The van der Waals surface area contributed by atoms with Crippen LogP contribution in [0.3, 0.4) is 0 Å². The summed E-state index contributed by atoms with van der Waals surface area (Å²) in [5, 5.41) is 51.6. The normalized spacial score (nSPS) is 17.2. The number of carboxylic acid groups (broad SMARTS) is 1. The molecule has 0 saturated heterocycles. The largest absolute Gasteiger partial charge is 0.481 e. The molecular weight excluding hydrogens is 584 g/mol. The average Bonchev–Trinajstić information content (AvgIpc) is 2.95. The molecule has 0 fully saturated rings. The van der Waals surface area contributed by atoms with E-state index in [2.05, 4.69) is 5.32 Å². The number of aliphatic hydroxyl groups is 4. The molecule has 0 bridgehead atoms. The van der Waals surface area contributed by atoms with Gasteiger partial charge in [0.05, 0.1) is 24.7 Å². The summed E-state index contributed by atoms with van der Waals surface area (Å²) < 4.78 is 4.84. The van der Waals surface area contributed by atoms with E-state index < -0.39 is 66.6 Å². The number of hydrogen-bond donors (Lipinski definition) is 7. The van der Waals surface area contributed by atoms with Crippen molar-refractivity contribution in [1.29, 1.82) is 0 Å². The number of ether oxygens (including phenoxy) is 1. The third-order valence-electron chi connectivity index (χ3n) is 5.85. The van der Waals surface area contributed by atoms with Crippen molar-refractivity contribution in [1.82, 2.24) is 5.32 Å². The Hall–Kier alpha value is -3.55. The van der Waals surface area contributed by atoms with Gasteiger partial charge < -0.3 is 41.3 Å². The number of nitrogens with one attached hydrogen (secondary N) is 1. The molecule has 13 heteroatoms. The summed E-state index contributed by atoms with van der Waals surface area (Å²) in [5.41, 5.74) is 5.83. The lowest BCUT2D eigenvalue weighted by molar-refractivity contribution is -0.139. The van der Waals surface area contributed by atoms with E-state index in [0.29, 0.717) is 6.42 Å². The number of nitrogens with two attached hydrogens (primary N) is 1. The summed E-state index contributed by atoms with van der Waals surface area (Å²) in [4.78, 5) is 45.6. The smallest absolute Gasteiger partial charge is 0.405 e. The second kappa shape index (κ2) is 22.1. The lowest BCUT2D eigenvalue weighted by atomic mass is 9.93. The maximum absolute atomic E-state index is 12.4. The number of hydrogen-bond acceptors (Lipinski definition) is 9. The Morgan fingerprint density at radius 2 is 1.63 bits per heavy atom. The van der Waals surface area contributed by atoms with Gasteiger partial charge >= 0.3 is 12.1 Å². The van der Waals surface area contributed by atoms with Gasteiger partial charge in [0, 0.05) is 30.0 Å². The maximum atomic E-state index is 12.4. The quantitative estimate of drug-likeness (QED) is 0.0593. The molecule has 6 atom stereocenters. The molecule has 0 aromatic rings. The van der Waals surface area contributed by atoms with Crippen LogP contribution in [0.15, 0.2) is 71.4 Å². The van der Waals surface area contributed by atoms with Crippen LogP contribution in [0.5, 0.6) is 0 Å². The molecule has 0 heterocycles. The molecule has 0 aliphatic rings. The number of Topliss-reactive ketones (excluding diaryl/α,β-unsaturated/α-hetero) is 1. The van der Waals surface area contributed by atoms with Crippen LogP contribution in [0.2, 0.25) is 0 Å². The zero-order valence-corrected chi connectivity index (χ0v) is 25.3. The molecule has 12 nitrogen and oxygen atoms in total. The van der Waals surface area contributed by atoms with Crippen LogP contribution in [0.4, 0.5) is 4.79 Å². The fraction of sp³-hybridized carbons (Fsp3) is 0.467. The van der Waals surface area contributed by atoms with Crippen molar-refractivity contribution in [2.24, 2.45) is 11.7 Å². The number of allylic oxidation sites excluding steroid dienone is 9. The van der Waals surface area contributed by atoms with Crippen LogP contribution >= 0.6 is 11.6 Å². The van der Waals surface area contributed by atoms with Crippen molar-refractivity contribution in [3.8, 4) is 0 Å². The highest BCUT2D eigenvalue weighted by Crippen LogP contribution is 2.22. The molecule has 0 aromatic heterocycles. The number of primary amides is 1. The van der Waals surface area contributed by atoms with E-state index in [-0.39, 0.29) is 24.4 Å². The van der Waals surface area contributed by atoms with E-state index >= 15 is 0 Å². The maximum Gasteiger partial charge on any atom is 0.405 e. The molecule has 0 aromatic carbocycles. The molecule has 43 heavy (non-hydrogen) atoms. The Bertz CT molecular complexity index is 1100. The number of carboxylic acids is 1. The van der Waals surface area contributed by atoms with Gasteiger partial charge in [-0.05, 0) is 31.9 Å². The second-order valence-electron chi connectivity index (χ2n) is 9.60. The molecule has 0 saturated carbocycles. The fourth-order valence-corrected chi connectivity index (χ4v) is 3.55. The van der Waals surface area contributed by atoms with Crippen LogP contribution < -0.4 is 11.1 Å². The highest BCUT2D eigenvalue weighted by Gasteiger charge is 2.31. The zero-order chi connectivity index (χ0) is 32.9. The predicted octanol–water partition coefficient (Wildman–Crippen LogP) is 2.17. The van der Waals surface area contributed by atoms with Gasteiger partial charge in [-0.15, -0.1) is 0 Å². The monoisotopic (exact) mass is 626 g/mol. The summed E-state index contributed by atoms with van der Waals surface area (Å²) >= 11 is 6.25. The molecule has 0 rings (SSSR count). The van der Waals surface area contributed by atoms with Crippen LogP contribution in [-0.2, 0) is 19.1 Å². The SMILES string of the molecule is CC/C=C/C(OC(N)=O)C(O)CCC(=O)C(O)C(O)C(C)/C(Cl)=C/C=C/C=C(C)/C=C/C=C/C(=O)NCC(O)CC(=O)O. The second-order valence-corrected chi connectivity index (χ2v) is 10.0. The van der Waals surface area contributed by atoms with E-state index in [9.17, 15) is 39.6 Å². The lowest BCUT2D eigenvalue weighted by Gasteiger charge is -2.24. The lowest BCUT2D eigenvalue weighted by Crippen LogP contribution is -2.39. The number of aliphatic carboxylic acids is 1. The average molecular weight is 627 g/mol. The molecule has 0 radical (unpaired) electrons. The van der Waals surface area contributed by atoms with E-state index in [0.717, 1.165) is 5.57 Å². The van der Waals surface area contributed by atoms with Gasteiger partial charge in [-0.2, -0.15) is 0 Å². The summed E-state index contributed by atoms with van der Waals surface area (Å²) in [6.07, 6.45) is 7.56. The third-order valence-corrected chi connectivity index (χ3v) is 6.32. The van der Waals surface area contributed by atoms with E-state index in [4.69, 9.17) is 27.2 Å².